The molecule has 8 nitrogen and oxygen atoms in total. The quantitative estimate of drug-likeness (QED) is 0.703. The summed E-state index contributed by atoms with van der Waals surface area (Å²) in [6, 6.07) is 0. The summed E-state index contributed by atoms with van der Waals surface area (Å²) in [6.45, 7) is 5.31. The van der Waals surface area contributed by atoms with Crippen molar-refractivity contribution in [1.29, 1.82) is 5.26 Å². The highest BCUT2D eigenvalue weighted by atomic mass is 32.2. The Balaban J connectivity index is 1.63. The average molecular weight is 386 g/mol. The molecule has 0 bridgehead atoms. The lowest BCUT2D eigenvalue weighted by molar-refractivity contribution is -0.128. The zero-order valence-corrected chi connectivity index (χ0v) is 16.1. The van der Waals surface area contributed by atoms with Crippen molar-refractivity contribution < 1.29 is 13.2 Å². The lowest BCUT2D eigenvalue weighted by Gasteiger charge is -2.31. The Labute approximate surface area is 152 Å². The molecule has 0 radical (unpaired) electrons. The van der Waals surface area contributed by atoms with Gasteiger partial charge in [-0.1, -0.05) is 0 Å². The predicted molar refractivity (Wildman–Crippen MR) is 95.0 cm³/mol. The molecule has 1 unspecified atom stereocenters. The third-order valence-electron chi connectivity index (χ3n) is 4.83. The Bertz CT molecular complexity index is 728. The first-order valence-electron chi connectivity index (χ1n) is 8.39. The summed E-state index contributed by atoms with van der Waals surface area (Å²) in [5.74, 6) is 0.362. The molecule has 1 fully saturated rings. The highest BCUT2D eigenvalue weighted by Crippen LogP contribution is 2.37. The van der Waals surface area contributed by atoms with Crippen molar-refractivity contribution in [3.05, 3.63) is 10.6 Å². The van der Waals surface area contributed by atoms with Gasteiger partial charge in [0.05, 0.1) is 17.0 Å². The number of carbonyl (C=O) groups is 1. The number of amides is 1. The van der Waals surface area contributed by atoms with Crippen LogP contribution in [0.5, 0.6) is 0 Å². The fourth-order valence-electron chi connectivity index (χ4n) is 3.24. The third-order valence-corrected chi connectivity index (χ3v) is 8.16. The molecule has 3 heterocycles. The molecule has 3 aliphatic rings. The number of hydrogen-bond acceptors (Lipinski definition) is 7. The topological polar surface area (TPSA) is 96.8 Å². The van der Waals surface area contributed by atoms with Crippen molar-refractivity contribution in [2.24, 2.45) is 5.92 Å². The molecule has 1 amide bonds. The number of thioether (sulfide) groups is 1. The van der Waals surface area contributed by atoms with E-state index in [0.29, 0.717) is 44.9 Å². The smallest absolute Gasteiger partial charge is 0.243 e. The second-order valence-electron chi connectivity index (χ2n) is 6.76. The van der Waals surface area contributed by atoms with Crippen LogP contribution >= 0.6 is 11.8 Å². The number of nitrogens with one attached hydrogen (secondary N) is 1. The van der Waals surface area contributed by atoms with E-state index in [-0.39, 0.29) is 11.8 Å². The highest BCUT2D eigenvalue weighted by molar-refractivity contribution is 8.03. The Morgan fingerprint density at radius 1 is 1.40 bits per heavy atom. The number of nitrogens with zero attached hydrogens (tertiary/aromatic N) is 4. The number of hydrogen-bond donors (Lipinski definition) is 1. The van der Waals surface area contributed by atoms with Gasteiger partial charge in [0.15, 0.2) is 6.19 Å². The molecule has 1 saturated heterocycles. The van der Waals surface area contributed by atoms with Crippen molar-refractivity contribution in [3.8, 4) is 6.19 Å². The molecule has 10 heteroatoms. The molecule has 25 heavy (non-hydrogen) atoms. The first-order valence-corrected chi connectivity index (χ1v) is 10.9. The Hall–Kier alpha value is -1.44. The molecule has 0 aliphatic carbocycles. The number of hydrazine groups is 1. The minimum atomic E-state index is -3.26. The van der Waals surface area contributed by atoms with Gasteiger partial charge in [-0.15, -0.1) is 11.8 Å². The third kappa shape index (κ3) is 3.59. The van der Waals surface area contributed by atoms with E-state index in [1.54, 1.807) is 30.5 Å². The zero-order valence-electron chi connectivity index (χ0n) is 14.4. The van der Waals surface area contributed by atoms with Crippen LogP contribution in [0.1, 0.15) is 26.7 Å². The van der Waals surface area contributed by atoms with E-state index >= 15 is 0 Å². The van der Waals surface area contributed by atoms with Crippen LogP contribution in [0, 0.1) is 17.4 Å². The molecular formula is C15H23N5O3S2. The summed E-state index contributed by atoms with van der Waals surface area (Å²) in [4.78, 5) is 15.0. The van der Waals surface area contributed by atoms with Gasteiger partial charge in [0.1, 0.15) is 0 Å². The van der Waals surface area contributed by atoms with Gasteiger partial charge in [-0.3, -0.25) is 15.2 Å². The Morgan fingerprint density at radius 2 is 2.16 bits per heavy atom. The molecule has 3 rings (SSSR count). The second-order valence-corrected chi connectivity index (χ2v) is 10.3. The minimum Gasteiger partial charge on any atom is -0.310 e. The number of rotatable bonds is 4. The van der Waals surface area contributed by atoms with Crippen LogP contribution in [0.25, 0.3) is 0 Å². The van der Waals surface area contributed by atoms with Crippen molar-refractivity contribution >= 4 is 27.7 Å². The Morgan fingerprint density at radius 3 is 2.80 bits per heavy atom. The summed E-state index contributed by atoms with van der Waals surface area (Å²) in [7, 11) is -3.26. The molecule has 0 aromatic heterocycles. The SMILES string of the molecule is CC(C)S(=O)(=O)N1CCC2=C(C1)SCN2NC(=O)C1CCN(C#N)C1. The van der Waals surface area contributed by atoms with Gasteiger partial charge in [0.25, 0.3) is 0 Å². The van der Waals surface area contributed by atoms with Crippen LogP contribution in [0.15, 0.2) is 10.6 Å². The van der Waals surface area contributed by atoms with Gasteiger partial charge < -0.3 is 4.90 Å². The fourth-order valence-corrected chi connectivity index (χ4v) is 5.70. The van der Waals surface area contributed by atoms with Crippen molar-refractivity contribution in [3.63, 3.8) is 0 Å². The first kappa shape index (κ1) is 18.4. The van der Waals surface area contributed by atoms with E-state index in [0.717, 1.165) is 10.6 Å². The van der Waals surface area contributed by atoms with Crippen LogP contribution < -0.4 is 5.43 Å². The van der Waals surface area contributed by atoms with Gasteiger partial charge in [0, 0.05) is 43.2 Å². The highest BCUT2D eigenvalue weighted by Gasteiger charge is 2.36. The average Bonchev–Trinajstić information content (AvgIpc) is 3.21. The van der Waals surface area contributed by atoms with Crippen LogP contribution in [-0.4, -0.2) is 65.8 Å². The van der Waals surface area contributed by atoms with E-state index in [1.165, 1.54) is 4.31 Å². The molecule has 1 N–H and O–H groups in total. The molecular weight excluding hydrogens is 362 g/mol. The lowest BCUT2D eigenvalue weighted by atomic mass is 10.1. The van der Waals surface area contributed by atoms with Crippen molar-refractivity contribution in [2.75, 3.05) is 32.1 Å². The number of sulfonamides is 1. The van der Waals surface area contributed by atoms with Crippen LogP contribution in [-0.2, 0) is 14.8 Å². The maximum absolute atomic E-state index is 12.4. The lowest BCUT2D eigenvalue weighted by Crippen LogP contribution is -2.46. The molecule has 0 aromatic rings. The Kier molecular flexibility index (Phi) is 5.18. The molecule has 0 spiro atoms. The monoisotopic (exact) mass is 385 g/mol. The van der Waals surface area contributed by atoms with Crippen LogP contribution in [0.3, 0.4) is 0 Å². The van der Waals surface area contributed by atoms with E-state index in [1.807, 2.05) is 5.01 Å². The molecule has 138 valence electrons. The summed E-state index contributed by atoms with van der Waals surface area (Å²) in [5.41, 5.74) is 3.97. The maximum atomic E-state index is 12.4. The van der Waals surface area contributed by atoms with E-state index in [9.17, 15) is 13.2 Å². The predicted octanol–water partition coefficient (Wildman–Crippen LogP) is 0.482. The number of carbonyl (C=O) groups excluding carboxylic acids is 1. The van der Waals surface area contributed by atoms with Gasteiger partial charge in [0.2, 0.25) is 15.9 Å². The zero-order chi connectivity index (χ0) is 18.2. The van der Waals surface area contributed by atoms with Gasteiger partial charge in [-0.2, -0.15) is 9.57 Å². The van der Waals surface area contributed by atoms with Crippen LogP contribution in [0.4, 0.5) is 0 Å². The van der Waals surface area contributed by atoms with E-state index < -0.39 is 15.3 Å². The van der Waals surface area contributed by atoms with E-state index in [4.69, 9.17) is 5.26 Å². The van der Waals surface area contributed by atoms with Crippen LogP contribution in [0.2, 0.25) is 0 Å². The van der Waals surface area contributed by atoms with Gasteiger partial charge >= 0.3 is 0 Å². The summed E-state index contributed by atoms with van der Waals surface area (Å²) in [6.07, 6.45) is 3.37. The number of likely N-dealkylation sites (tertiary alicyclic amines) is 1. The minimum absolute atomic E-state index is 0.0654. The number of nitriles is 1. The second kappa shape index (κ2) is 7.05. The van der Waals surface area contributed by atoms with E-state index in [2.05, 4.69) is 11.6 Å². The molecule has 1 atom stereocenters. The first-order chi connectivity index (χ1) is 11.8. The largest absolute Gasteiger partial charge is 0.310 e. The molecule has 0 saturated carbocycles. The molecule has 3 aliphatic heterocycles. The summed E-state index contributed by atoms with van der Waals surface area (Å²) < 4.78 is 26.2. The molecule has 0 aromatic carbocycles. The standard InChI is InChI=1S/C15H23N5O3S2/c1-11(2)25(22,23)19-6-4-13-14(8-19)24-10-20(13)17-15(21)12-3-5-18(7-12)9-16/h11-12H,3-8,10H2,1-2H3,(H,17,21). The van der Waals surface area contributed by atoms with Crippen molar-refractivity contribution in [1.82, 2.24) is 19.6 Å². The normalized spacial score (nSPS) is 24.6. The van der Waals surface area contributed by atoms with Crippen molar-refractivity contribution in [2.45, 2.75) is 31.9 Å². The fraction of sp³-hybridized carbons (Fsp3) is 0.733. The maximum Gasteiger partial charge on any atom is 0.243 e. The van der Waals surface area contributed by atoms with Gasteiger partial charge in [-0.05, 0) is 20.3 Å². The summed E-state index contributed by atoms with van der Waals surface area (Å²) in [5, 5.41) is 10.3. The van der Waals surface area contributed by atoms with Gasteiger partial charge in [-0.25, -0.2) is 8.42 Å². The summed E-state index contributed by atoms with van der Waals surface area (Å²) >= 11 is 1.58.